The van der Waals surface area contributed by atoms with Gasteiger partial charge in [0, 0.05) is 18.3 Å². The molecule has 116 valence electrons. The van der Waals surface area contributed by atoms with E-state index in [9.17, 15) is 4.79 Å². The number of aromatic nitrogens is 2. The lowest BCUT2D eigenvalue weighted by Crippen LogP contribution is -2.28. The molecule has 0 unspecified atom stereocenters. The Balaban J connectivity index is 1.48. The van der Waals surface area contributed by atoms with Gasteiger partial charge >= 0.3 is 0 Å². The molecule has 1 aliphatic rings. The van der Waals surface area contributed by atoms with Gasteiger partial charge in [0.2, 0.25) is 5.91 Å². The van der Waals surface area contributed by atoms with E-state index >= 15 is 0 Å². The topological polar surface area (TPSA) is 69.8 Å². The summed E-state index contributed by atoms with van der Waals surface area (Å²) >= 11 is 0. The molecule has 1 aromatic heterocycles. The van der Waals surface area contributed by atoms with Gasteiger partial charge in [-0.2, -0.15) is 5.10 Å². The largest absolute Gasteiger partial charge is 0.326 e. The van der Waals surface area contributed by atoms with Crippen molar-refractivity contribution in [2.24, 2.45) is 5.92 Å². The van der Waals surface area contributed by atoms with E-state index in [0.717, 1.165) is 36.5 Å². The molecule has 1 amide bonds. The zero-order valence-corrected chi connectivity index (χ0v) is 12.6. The number of piperidine rings is 1. The number of H-pyrrole nitrogens is 1. The monoisotopic (exact) mass is 298 g/mol. The van der Waals surface area contributed by atoms with Crippen molar-refractivity contribution in [2.45, 2.75) is 25.7 Å². The van der Waals surface area contributed by atoms with Crippen molar-refractivity contribution in [3.05, 3.63) is 36.5 Å². The Morgan fingerprint density at radius 1 is 1.18 bits per heavy atom. The number of rotatable bonds is 5. The minimum Gasteiger partial charge on any atom is -0.326 e. The van der Waals surface area contributed by atoms with Crippen LogP contribution in [0.15, 0.2) is 36.5 Å². The maximum Gasteiger partial charge on any atom is 0.224 e. The highest BCUT2D eigenvalue weighted by atomic mass is 16.1. The molecule has 0 aliphatic carbocycles. The summed E-state index contributed by atoms with van der Waals surface area (Å²) in [5.41, 5.74) is 2.88. The number of aromatic amines is 1. The third kappa shape index (κ3) is 3.95. The molecule has 2 heterocycles. The molecule has 22 heavy (non-hydrogen) atoms. The number of nitrogens with zero attached hydrogens (tertiary/aromatic N) is 1. The van der Waals surface area contributed by atoms with Gasteiger partial charge in [0.05, 0.1) is 5.69 Å². The van der Waals surface area contributed by atoms with Gasteiger partial charge in [-0.3, -0.25) is 9.89 Å². The Bertz CT molecular complexity index is 586. The van der Waals surface area contributed by atoms with Gasteiger partial charge in [-0.15, -0.1) is 0 Å². The quantitative estimate of drug-likeness (QED) is 0.795. The minimum absolute atomic E-state index is 0.104. The minimum atomic E-state index is 0.104. The average Bonchev–Trinajstić information content (AvgIpc) is 3.09. The van der Waals surface area contributed by atoms with Gasteiger partial charge in [-0.1, -0.05) is 12.1 Å². The molecule has 0 radical (unpaired) electrons. The van der Waals surface area contributed by atoms with Crippen LogP contribution in [0.4, 0.5) is 5.69 Å². The zero-order valence-electron chi connectivity index (χ0n) is 12.6. The molecule has 1 fully saturated rings. The lowest BCUT2D eigenvalue weighted by atomic mass is 9.93. The summed E-state index contributed by atoms with van der Waals surface area (Å²) < 4.78 is 0. The first-order valence-electron chi connectivity index (χ1n) is 7.91. The van der Waals surface area contributed by atoms with Gasteiger partial charge in [0.15, 0.2) is 0 Å². The van der Waals surface area contributed by atoms with Crippen LogP contribution in [0.5, 0.6) is 0 Å². The molecular formula is C17H22N4O. The van der Waals surface area contributed by atoms with Crippen molar-refractivity contribution >= 4 is 11.6 Å². The van der Waals surface area contributed by atoms with Gasteiger partial charge in [-0.25, -0.2) is 0 Å². The lowest BCUT2D eigenvalue weighted by Gasteiger charge is -2.22. The number of carbonyl (C=O) groups excluding carboxylic acids is 1. The standard InChI is InChI=1S/C17H22N4O/c22-17(6-1-13-7-10-18-11-8-13)20-15-4-2-14(3-5-15)16-9-12-19-21-16/h2-5,9,12-13,18H,1,6-8,10-11H2,(H,19,21)(H,20,22). The summed E-state index contributed by atoms with van der Waals surface area (Å²) in [4.78, 5) is 12.0. The molecule has 5 nitrogen and oxygen atoms in total. The summed E-state index contributed by atoms with van der Waals surface area (Å²) in [6.45, 7) is 2.17. The first kappa shape index (κ1) is 14.8. The molecule has 1 aromatic carbocycles. The number of carbonyl (C=O) groups is 1. The second kappa shape index (κ2) is 7.22. The van der Waals surface area contributed by atoms with Crippen LogP contribution in [0, 0.1) is 5.92 Å². The molecular weight excluding hydrogens is 276 g/mol. The van der Waals surface area contributed by atoms with Crippen LogP contribution in [-0.2, 0) is 4.79 Å². The number of amides is 1. The highest BCUT2D eigenvalue weighted by Gasteiger charge is 2.14. The molecule has 0 saturated carbocycles. The highest BCUT2D eigenvalue weighted by Crippen LogP contribution is 2.20. The van der Waals surface area contributed by atoms with Crippen molar-refractivity contribution in [3.63, 3.8) is 0 Å². The number of hydrogen-bond acceptors (Lipinski definition) is 3. The fourth-order valence-electron chi connectivity index (χ4n) is 2.88. The SMILES string of the molecule is O=C(CCC1CCNCC1)Nc1ccc(-c2ccn[nH]2)cc1. The average molecular weight is 298 g/mol. The van der Waals surface area contributed by atoms with E-state index in [0.29, 0.717) is 12.3 Å². The molecule has 1 aliphatic heterocycles. The Morgan fingerprint density at radius 2 is 1.95 bits per heavy atom. The van der Waals surface area contributed by atoms with E-state index in [1.807, 2.05) is 30.3 Å². The number of hydrogen-bond donors (Lipinski definition) is 3. The lowest BCUT2D eigenvalue weighted by molar-refractivity contribution is -0.116. The summed E-state index contributed by atoms with van der Waals surface area (Å²) in [6, 6.07) is 9.75. The zero-order chi connectivity index (χ0) is 15.2. The number of anilines is 1. The van der Waals surface area contributed by atoms with Crippen LogP contribution < -0.4 is 10.6 Å². The van der Waals surface area contributed by atoms with E-state index in [-0.39, 0.29) is 5.91 Å². The first-order valence-corrected chi connectivity index (χ1v) is 7.91. The Hall–Kier alpha value is -2.14. The molecule has 3 rings (SSSR count). The van der Waals surface area contributed by atoms with Crippen LogP contribution in [0.1, 0.15) is 25.7 Å². The molecule has 0 spiro atoms. The van der Waals surface area contributed by atoms with E-state index in [2.05, 4.69) is 20.8 Å². The van der Waals surface area contributed by atoms with Gasteiger partial charge in [0.1, 0.15) is 0 Å². The predicted molar refractivity (Wildman–Crippen MR) is 87.5 cm³/mol. The predicted octanol–water partition coefficient (Wildman–Crippen LogP) is 2.80. The van der Waals surface area contributed by atoms with Crippen molar-refractivity contribution < 1.29 is 4.79 Å². The molecule has 2 aromatic rings. The van der Waals surface area contributed by atoms with Crippen LogP contribution in [-0.4, -0.2) is 29.2 Å². The molecule has 5 heteroatoms. The maximum absolute atomic E-state index is 12.0. The fraction of sp³-hybridized carbons (Fsp3) is 0.412. The van der Waals surface area contributed by atoms with Crippen molar-refractivity contribution in [3.8, 4) is 11.3 Å². The third-order valence-electron chi connectivity index (χ3n) is 4.22. The van der Waals surface area contributed by atoms with E-state index in [1.54, 1.807) is 6.20 Å². The summed E-state index contributed by atoms with van der Waals surface area (Å²) in [5.74, 6) is 0.794. The first-order chi connectivity index (χ1) is 10.8. The number of nitrogens with one attached hydrogen (secondary N) is 3. The van der Waals surface area contributed by atoms with Gasteiger partial charge in [-0.05, 0) is 62.0 Å². The molecule has 0 atom stereocenters. The summed E-state index contributed by atoms with van der Waals surface area (Å²) in [5, 5.41) is 13.2. The van der Waals surface area contributed by atoms with E-state index < -0.39 is 0 Å². The van der Waals surface area contributed by atoms with Crippen LogP contribution >= 0.6 is 0 Å². The smallest absolute Gasteiger partial charge is 0.224 e. The molecule has 1 saturated heterocycles. The number of benzene rings is 1. The fourth-order valence-corrected chi connectivity index (χ4v) is 2.88. The Morgan fingerprint density at radius 3 is 2.64 bits per heavy atom. The third-order valence-corrected chi connectivity index (χ3v) is 4.22. The molecule has 3 N–H and O–H groups in total. The van der Waals surface area contributed by atoms with Crippen LogP contribution in [0.2, 0.25) is 0 Å². The maximum atomic E-state index is 12.0. The van der Waals surface area contributed by atoms with Crippen LogP contribution in [0.3, 0.4) is 0 Å². The normalized spacial score (nSPS) is 15.6. The Kier molecular flexibility index (Phi) is 4.85. The molecule has 0 bridgehead atoms. The summed E-state index contributed by atoms with van der Waals surface area (Å²) in [7, 11) is 0. The van der Waals surface area contributed by atoms with Crippen molar-refractivity contribution in [1.29, 1.82) is 0 Å². The van der Waals surface area contributed by atoms with E-state index in [4.69, 9.17) is 0 Å². The van der Waals surface area contributed by atoms with Crippen molar-refractivity contribution in [2.75, 3.05) is 18.4 Å². The highest BCUT2D eigenvalue weighted by molar-refractivity contribution is 5.90. The van der Waals surface area contributed by atoms with E-state index in [1.165, 1.54) is 12.8 Å². The summed E-state index contributed by atoms with van der Waals surface area (Å²) in [6.07, 6.45) is 5.69. The van der Waals surface area contributed by atoms with Crippen molar-refractivity contribution in [1.82, 2.24) is 15.5 Å². The second-order valence-electron chi connectivity index (χ2n) is 5.83. The van der Waals surface area contributed by atoms with Crippen LogP contribution in [0.25, 0.3) is 11.3 Å². The van der Waals surface area contributed by atoms with Gasteiger partial charge in [0.25, 0.3) is 0 Å². The van der Waals surface area contributed by atoms with Gasteiger partial charge < -0.3 is 10.6 Å². The Labute approximate surface area is 130 Å². The second-order valence-corrected chi connectivity index (χ2v) is 5.83.